The van der Waals surface area contributed by atoms with Crippen LogP contribution >= 0.6 is 0 Å². The molecule has 0 radical (unpaired) electrons. The number of anilines is 1. The predicted octanol–water partition coefficient (Wildman–Crippen LogP) is 2.76. The quantitative estimate of drug-likeness (QED) is 0.632. The first-order valence-corrected chi connectivity index (χ1v) is 4.36. The minimum Gasteiger partial charge on any atom is -0.351 e. The van der Waals surface area contributed by atoms with Gasteiger partial charge >= 0.3 is 0 Å². The van der Waals surface area contributed by atoms with Crippen LogP contribution in [0.3, 0.4) is 0 Å². The topological polar surface area (TPSA) is 32.7 Å². The van der Waals surface area contributed by atoms with E-state index in [4.69, 9.17) is 0 Å². The number of para-hydroxylation sites is 1. The van der Waals surface area contributed by atoms with Crippen LogP contribution in [0.15, 0.2) is 47.9 Å². The summed E-state index contributed by atoms with van der Waals surface area (Å²) in [4.78, 5) is 12.2. The Morgan fingerprint density at radius 3 is 2.93 bits per heavy atom. The molecule has 0 aromatic heterocycles. The predicted molar refractivity (Wildman–Crippen MR) is 57.8 cm³/mol. The van der Waals surface area contributed by atoms with Gasteiger partial charge in [0.1, 0.15) is 0 Å². The van der Waals surface area contributed by atoms with Gasteiger partial charge in [-0.05, 0) is 17.3 Å². The van der Waals surface area contributed by atoms with Crippen LogP contribution in [0.2, 0.25) is 0 Å². The van der Waals surface area contributed by atoms with Crippen LogP contribution in [0.25, 0.3) is 5.57 Å². The Kier molecular flexibility index (Phi) is 2.14. The molecule has 0 atom stereocenters. The van der Waals surface area contributed by atoms with Crippen LogP contribution in [-0.4, -0.2) is 7.05 Å². The number of nitroso groups, excluding NO2 is 1. The highest BCUT2D eigenvalue weighted by molar-refractivity contribution is 5.85. The van der Waals surface area contributed by atoms with Crippen molar-refractivity contribution in [2.45, 2.75) is 0 Å². The van der Waals surface area contributed by atoms with Crippen LogP contribution in [0, 0.1) is 4.91 Å². The molecular formula is C11H10N2O. The average Bonchev–Trinajstić information content (AvgIpc) is 2.23. The zero-order chi connectivity index (χ0) is 9.97. The van der Waals surface area contributed by atoms with E-state index in [1.54, 1.807) is 0 Å². The van der Waals surface area contributed by atoms with Crippen LogP contribution in [-0.2, 0) is 0 Å². The summed E-state index contributed by atoms with van der Waals surface area (Å²) in [5.74, 6) is 0. The summed E-state index contributed by atoms with van der Waals surface area (Å²) < 4.78 is 0. The van der Waals surface area contributed by atoms with E-state index in [2.05, 4.69) is 5.18 Å². The van der Waals surface area contributed by atoms with Gasteiger partial charge in [-0.1, -0.05) is 18.2 Å². The molecule has 1 heterocycles. The fourth-order valence-electron chi connectivity index (χ4n) is 1.56. The molecule has 0 unspecified atom stereocenters. The average molecular weight is 186 g/mol. The number of fused-ring (bicyclic) bond motifs is 1. The monoisotopic (exact) mass is 186 g/mol. The van der Waals surface area contributed by atoms with Crippen molar-refractivity contribution in [2.24, 2.45) is 5.18 Å². The lowest BCUT2D eigenvalue weighted by Gasteiger charge is -2.22. The Balaban J connectivity index is 2.58. The van der Waals surface area contributed by atoms with Crippen molar-refractivity contribution >= 4 is 11.3 Å². The van der Waals surface area contributed by atoms with Crippen molar-refractivity contribution in [3.63, 3.8) is 0 Å². The molecule has 0 saturated carbocycles. The van der Waals surface area contributed by atoms with Crippen LogP contribution in [0.1, 0.15) is 5.56 Å². The molecule has 0 N–H and O–H groups in total. The molecule has 1 aliphatic heterocycles. The fraction of sp³-hybridized carbons (Fsp3) is 0.0909. The van der Waals surface area contributed by atoms with E-state index in [1.807, 2.05) is 48.5 Å². The zero-order valence-corrected chi connectivity index (χ0v) is 7.84. The Morgan fingerprint density at radius 2 is 2.14 bits per heavy atom. The number of benzene rings is 1. The van der Waals surface area contributed by atoms with Gasteiger partial charge in [-0.3, -0.25) is 0 Å². The molecule has 0 fully saturated rings. The molecule has 3 nitrogen and oxygen atoms in total. The molecule has 1 aromatic rings. The van der Waals surface area contributed by atoms with Crippen LogP contribution in [0.4, 0.5) is 5.69 Å². The van der Waals surface area contributed by atoms with Gasteiger partial charge < -0.3 is 4.90 Å². The summed E-state index contributed by atoms with van der Waals surface area (Å²) in [5.41, 5.74) is 2.98. The Hall–Kier alpha value is -1.90. The van der Waals surface area contributed by atoms with Crippen LogP contribution in [0.5, 0.6) is 0 Å². The van der Waals surface area contributed by atoms with Crippen molar-refractivity contribution in [1.82, 2.24) is 0 Å². The van der Waals surface area contributed by atoms with E-state index >= 15 is 0 Å². The smallest absolute Gasteiger partial charge is 0.0794 e. The van der Waals surface area contributed by atoms with E-state index in [0.717, 1.165) is 16.8 Å². The maximum absolute atomic E-state index is 10.2. The summed E-state index contributed by atoms with van der Waals surface area (Å²) in [6, 6.07) is 7.91. The lowest BCUT2D eigenvalue weighted by molar-refractivity contribution is 1.18. The number of hydrogen-bond acceptors (Lipinski definition) is 3. The van der Waals surface area contributed by atoms with Gasteiger partial charge in [0, 0.05) is 30.1 Å². The van der Waals surface area contributed by atoms with Crippen molar-refractivity contribution in [3.8, 4) is 0 Å². The largest absolute Gasteiger partial charge is 0.351 e. The Bertz CT molecular complexity index is 421. The number of hydrogen-bond donors (Lipinski definition) is 0. The second-order valence-corrected chi connectivity index (χ2v) is 3.13. The minimum atomic E-state index is 0.855. The highest BCUT2D eigenvalue weighted by Crippen LogP contribution is 2.31. The second-order valence-electron chi connectivity index (χ2n) is 3.13. The first-order chi connectivity index (χ1) is 6.83. The number of rotatable bonds is 1. The van der Waals surface area contributed by atoms with Gasteiger partial charge in [0.15, 0.2) is 0 Å². The van der Waals surface area contributed by atoms with Gasteiger partial charge in [0.05, 0.1) is 6.20 Å². The molecule has 0 spiro atoms. The van der Waals surface area contributed by atoms with Gasteiger partial charge in [-0.15, -0.1) is 4.91 Å². The summed E-state index contributed by atoms with van der Waals surface area (Å²) in [6.07, 6.45) is 5.13. The molecular weight excluding hydrogens is 176 g/mol. The lowest BCUT2D eigenvalue weighted by Crippen LogP contribution is -2.13. The third kappa shape index (κ3) is 1.33. The van der Waals surface area contributed by atoms with Gasteiger partial charge in [-0.25, -0.2) is 0 Å². The highest BCUT2D eigenvalue weighted by Gasteiger charge is 2.11. The molecule has 0 amide bonds. The molecule has 0 saturated heterocycles. The van der Waals surface area contributed by atoms with Crippen molar-refractivity contribution in [2.75, 3.05) is 11.9 Å². The first kappa shape index (κ1) is 8.69. The van der Waals surface area contributed by atoms with Gasteiger partial charge in [-0.2, -0.15) is 0 Å². The summed E-state index contributed by atoms with van der Waals surface area (Å²) in [7, 11) is 1.97. The SMILES string of the molecule is CN1C=C/C(=C/N=O)c2ccccc21. The zero-order valence-electron chi connectivity index (χ0n) is 7.84. The van der Waals surface area contributed by atoms with Crippen molar-refractivity contribution in [3.05, 3.63) is 53.2 Å². The first-order valence-electron chi connectivity index (χ1n) is 4.36. The molecule has 1 aromatic carbocycles. The third-order valence-electron chi connectivity index (χ3n) is 2.26. The molecule has 70 valence electrons. The van der Waals surface area contributed by atoms with E-state index < -0.39 is 0 Å². The number of nitrogens with zero attached hydrogens (tertiary/aromatic N) is 2. The standard InChI is InChI=1S/C11H10N2O/c1-13-7-6-9(8-12-14)10-4-2-3-5-11(10)13/h2-8H,1H3/b9-8-. The van der Waals surface area contributed by atoms with E-state index in [0.29, 0.717) is 0 Å². The molecule has 0 aliphatic carbocycles. The highest BCUT2D eigenvalue weighted by atomic mass is 16.2. The van der Waals surface area contributed by atoms with E-state index in [1.165, 1.54) is 6.20 Å². The molecule has 0 bridgehead atoms. The second kappa shape index (κ2) is 3.46. The van der Waals surface area contributed by atoms with Gasteiger partial charge in [0.25, 0.3) is 0 Å². The normalized spacial score (nSPS) is 16.9. The van der Waals surface area contributed by atoms with E-state index in [-0.39, 0.29) is 0 Å². The van der Waals surface area contributed by atoms with Crippen LogP contribution < -0.4 is 4.90 Å². The lowest BCUT2D eigenvalue weighted by atomic mass is 10.0. The number of allylic oxidation sites excluding steroid dienone is 2. The summed E-state index contributed by atoms with van der Waals surface area (Å²) >= 11 is 0. The minimum absolute atomic E-state index is 0.855. The maximum Gasteiger partial charge on any atom is 0.0794 e. The molecule has 14 heavy (non-hydrogen) atoms. The third-order valence-corrected chi connectivity index (χ3v) is 2.26. The van der Waals surface area contributed by atoms with E-state index in [9.17, 15) is 4.91 Å². The molecule has 3 heteroatoms. The van der Waals surface area contributed by atoms with Gasteiger partial charge in [0.2, 0.25) is 0 Å². The Morgan fingerprint density at radius 1 is 1.36 bits per heavy atom. The fourth-order valence-corrected chi connectivity index (χ4v) is 1.56. The molecule has 1 aliphatic rings. The maximum atomic E-state index is 10.2. The summed E-state index contributed by atoms with van der Waals surface area (Å²) in [6.45, 7) is 0. The van der Waals surface area contributed by atoms with Crippen molar-refractivity contribution < 1.29 is 0 Å². The summed E-state index contributed by atoms with van der Waals surface area (Å²) in [5, 5.41) is 2.80. The molecule has 2 rings (SSSR count). The van der Waals surface area contributed by atoms with Crippen molar-refractivity contribution in [1.29, 1.82) is 0 Å². The Labute approximate surface area is 82.3 Å².